The quantitative estimate of drug-likeness (QED) is 0.357. The molecular weight excluding hydrogens is 502 g/mol. The van der Waals surface area contributed by atoms with Crippen LogP contribution in [0.15, 0.2) is 76.6 Å². The lowest BCUT2D eigenvalue weighted by molar-refractivity contribution is -0.151. The van der Waals surface area contributed by atoms with Gasteiger partial charge in [-0.15, -0.1) is 0 Å². The van der Waals surface area contributed by atoms with E-state index in [1.807, 2.05) is 54.6 Å². The second-order valence-electron chi connectivity index (χ2n) is 10.3. The van der Waals surface area contributed by atoms with Crippen molar-refractivity contribution in [3.05, 3.63) is 87.7 Å². The van der Waals surface area contributed by atoms with Gasteiger partial charge in [-0.3, -0.25) is 0 Å². The SMILES string of the molecule is CC(C)[C@@H]1CC[C@@H](C)C[C@H]1OC(=O)C1=C(N)Oc2c(ccc3ccccc23)[C@@H]1c1ccc(Br)cc1. The van der Waals surface area contributed by atoms with Gasteiger partial charge in [0.25, 0.3) is 0 Å². The third kappa shape index (κ3) is 4.58. The first-order valence-corrected chi connectivity index (χ1v) is 13.3. The number of carbonyl (C=O) groups is 1. The molecule has 1 fully saturated rings. The number of halogens is 1. The molecule has 0 radical (unpaired) electrons. The van der Waals surface area contributed by atoms with Crippen molar-refractivity contribution >= 4 is 32.7 Å². The van der Waals surface area contributed by atoms with Crippen molar-refractivity contribution in [1.82, 2.24) is 0 Å². The molecule has 0 spiro atoms. The molecule has 1 saturated carbocycles. The molecule has 0 amide bonds. The summed E-state index contributed by atoms with van der Waals surface area (Å²) < 4.78 is 13.4. The van der Waals surface area contributed by atoms with Gasteiger partial charge in [0, 0.05) is 15.4 Å². The number of hydrogen-bond acceptors (Lipinski definition) is 4. The van der Waals surface area contributed by atoms with E-state index < -0.39 is 0 Å². The molecule has 0 bridgehead atoms. The van der Waals surface area contributed by atoms with E-state index in [9.17, 15) is 4.79 Å². The Morgan fingerprint density at radius 3 is 2.54 bits per heavy atom. The van der Waals surface area contributed by atoms with Gasteiger partial charge in [-0.2, -0.15) is 0 Å². The van der Waals surface area contributed by atoms with E-state index >= 15 is 0 Å². The molecule has 1 heterocycles. The number of esters is 1. The minimum absolute atomic E-state index is 0.116. The van der Waals surface area contributed by atoms with Crippen molar-refractivity contribution in [1.29, 1.82) is 0 Å². The second kappa shape index (κ2) is 9.69. The van der Waals surface area contributed by atoms with Gasteiger partial charge in [0.2, 0.25) is 5.88 Å². The molecule has 4 nitrogen and oxygen atoms in total. The van der Waals surface area contributed by atoms with Crippen molar-refractivity contribution < 1.29 is 14.3 Å². The van der Waals surface area contributed by atoms with Crippen molar-refractivity contribution in [2.24, 2.45) is 23.5 Å². The summed E-state index contributed by atoms with van der Waals surface area (Å²) in [5.41, 5.74) is 8.80. The Balaban J connectivity index is 1.58. The summed E-state index contributed by atoms with van der Waals surface area (Å²) in [6.07, 6.45) is 3.02. The number of hydrogen-bond donors (Lipinski definition) is 1. The van der Waals surface area contributed by atoms with Crippen LogP contribution in [0, 0.1) is 17.8 Å². The highest BCUT2D eigenvalue weighted by atomic mass is 79.9. The summed E-state index contributed by atoms with van der Waals surface area (Å²) in [7, 11) is 0. The highest BCUT2D eigenvalue weighted by molar-refractivity contribution is 9.10. The van der Waals surface area contributed by atoms with E-state index in [-0.39, 0.29) is 23.9 Å². The Morgan fingerprint density at radius 2 is 1.80 bits per heavy atom. The number of fused-ring (bicyclic) bond motifs is 3. The first-order chi connectivity index (χ1) is 16.8. The molecule has 3 aromatic rings. The number of ether oxygens (including phenoxy) is 2. The minimum Gasteiger partial charge on any atom is -0.459 e. The smallest absolute Gasteiger partial charge is 0.340 e. The van der Waals surface area contributed by atoms with Crippen LogP contribution >= 0.6 is 15.9 Å². The van der Waals surface area contributed by atoms with Gasteiger partial charge < -0.3 is 15.2 Å². The molecule has 1 aliphatic carbocycles. The van der Waals surface area contributed by atoms with E-state index in [0.29, 0.717) is 29.1 Å². The zero-order valence-corrected chi connectivity index (χ0v) is 22.0. The molecule has 4 atom stereocenters. The van der Waals surface area contributed by atoms with Crippen LogP contribution in [-0.4, -0.2) is 12.1 Å². The fourth-order valence-electron chi connectivity index (χ4n) is 5.73. The summed E-state index contributed by atoms with van der Waals surface area (Å²) in [5.74, 6) is 1.41. The Hall–Kier alpha value is -2.79. The van der Waals surface area contributed by atoms with Crippen molar-refractivity contribution in [2.45, 2.75) is 52.1 Å². The van der Waals surface area contributed by atoms with Crippen LogP contribution in [-0.2, 0) is 9.53 Å². The number of rotatable bonds is 4. The van der Waals surface area contributed by atoms with Gasteiger partial charge in [-0.1, -0.05) is 91.7 Å². The topological polar surface area (TPSA) is 61.5 Å². The van der Waals surface area contributed by atoms with Gasteiger partial charge in [-0.25, -0.2) is 4.79 Å². The fourth-order valence-corrected chi connectivity index (χ4v) is 6.00. The van der Waals surface area contributed by atoms with Crippen LogP contribution in [0.25, 0.3) is 10.8 Å². The summed E-state index contributed by atoms with van der Waals surface area (Å²) in [6, 6.07) is 20.2. The first kappa shape index (κ1) is 23.9. The van der Waals surface area contributed by atoms with Crippen LogP contribution in [0.3, 0.4) is 0 Å². The molecule has 5 heteroatoms. The highest BCUT2D eigenvalue weighted by Gasteiger charge is 2.39. The Bertz CT molecular complexity index is 1280. The third-order valence-electron chi connectivity index (χ3n) is 7.63. The minimum atomic E-state index is -0.376. The maximum Gasteiger partial charge on any atom is 0.340 e. The lowest BCUT2D eigenvalue weighted by atomic mass is 9.75. The largest absolute Gasteiger partial charge is 0.459 e. The standard InChI is InChI=1S/C30H32BrNO3/c1-17(2)22-14-8-18(3)16-25(22)34-30(33)27-26(20-9-12-21(31)13-10-20)24-15-11-19-6-4-5-7-23(19)28(24)35-29(27)32/h4-7,9-13,15,17-18,22,25-26H,8,14,16,32H2,1-3H3/t18-,22+,25-,26+/m1/s1. The van der Waals surface area contributed by atoms with Crippen LogP contribution in [0.2, 0.25) is 0 Å². The molecular formula is C30H32BrNO3. The highest BCUT2D eigenvalue weighted by Crippen LogP contribution is 2.46. The lowest BCUT2D eigenvalue weighted by Crippen LogP contribution is -2.37. The fraction of sp³-hybridized carbons (Fsp3) is 0.367. The second-order valence-corrected chi connectivity index (χ2v) is 11.3. The van der Waals surface area contributed by atoms with Crippen LogP contribution in [0.5, 0.6) is 5.75 Å². The van der Waals surface area contributed by atoms with Crippen molar-refractivity contribution in [2.75, 3.05) is 0 Å². The van der Waals surface area contributed by atoms with Crippen molar-refractivity contribution in [3.63, 3.8) is 0 Å². The molecule has 5 rings (SSSR count). The number of carbonyl (C=O) groups excluding carboxylic acids is 1. The molecule has 35 heavy (non-hydrogen) atoms. The maximum atomic E-state index is 13.8. The van der Waals surface area contributed by atoms with E-state index in [4.69, 9.17) is 15.2 Å². The number of benzene rings is 3. The van der Waals surface area contributed by atoms with Crippen LogP contribution < -0.4 is 10.5 Å². The van der Waals surface area contributed by atoms with Gasteiger partial charge in [0.15, 0.2) is 0 Å². The number of nitrogens with two attached hydrogens (primary N) is 1. The Morgan fingerprint density at radius 1 is 1.06 bits per heavy atom. The average molecular weight is 534 g/mol. The molecule has 2 aliphatic rings. The maximum absolute atomic E-state index is 13.8. The summed E-state index contributed by atoms with van der Waals surface area (Å²) in [6.45, 7) is 6.66. The monoisotopic (exact) mass is 533 g/mol. The normalized spacial score (nSPS) is 24.3. The summed E-state index contributed by atoms with van der Waals surface area (Å²) in [5, 5.41) is 2.04. The molecule has 0 unspecified atom stereocenters. The van der Waals surface area contributed by atoms with E-state index in [0.717, 1.165) is 39.2 Å². The summed E-state index contributed by atoms with van der Waals surface area (Å²) in [4.78, 5) is 13.8. The molecule has 2 N–H and O–H groups in total. The lowest BCUT2D eigenvalue weighted by Gasteiger charge is -2.37. The third-order valence-corrected chi connectivity index (χ3v) is 8.16. The van der Waals surface area contributed by atoms with Gasteiger partial charge in [0.05, 0.1) is 5.92 Å². The Labute approximate surface area is 215 Å². The van der Waals surface area contributed by atoms with E-state index in [1.165, 1.54) is 6.42 Å². The van der Waals surface area contributed by atoms with Gasteiger partial charge >= 0.3 is 5.97 Å². The molecule has 182 valence electrons. The molecule has 0 saturated heterocycles. The van der Waals surface area contributed by atoms with Gasteiger partial charge in [0.1, 0.15) is 17.4 Å². The van der Waals surface area contributed by atoms with Gasteiger partial charge in [-0.05, 0) is 53.7 Å². The molecule has 3 aromatic carbocycles. The predicted octanol–water partition coefficient (Wildman–Crippen LogP) is 7.30. The predicted molar refractivity (Wildman–Crippen MR) is 143 cm³/mol. The Kier molecular flexibility index (Phi) is 6.63. The van der Waals surface area contributed by atoms with Crippen LogP contribution in [0.1, 0.15) is 57.1 Å². The molecule has 1 aliphatic heterocycles. The summed E-state index contributed by atoms with van der Waals surface area (Å²) >= 11 is 3.53. The zero-order valence-electron chi connectivity index (χ0n) is 20.5. The van der Waals surface area contributed by atoms with Crippen LogP contribution in [0.4, 0.5) is 0 Å². The van der Waals surface area contributed by atoms with E-state index in [1.54, 1.807) is 0 Å². The van der Waals surface area contributed by atoms with Crippen molar-refractivity contribution in [3.8, 4) is 5.75 Å². The average Bonchev–Trinajstić information content (AvgIpc) is 2.83. The van der Waals surface area contributed by atoms with E-state index in [2.05, 4.69) is 42.8 Å². The molecule has 0 aromatic heterocycles. The first-order valence-electron chi connectivity index (χ1n) is 12.5. The zero-order chi connectivity index (χ0) is 24.7.